The van der Waals surface area contributed by atoms with Crippen molar-refractivity contribution < 1.29 is 17.9 Å². The molecule has 6 nitrogen and oxygen atoms in total. The predicted octanol–water partition coefficient (Wildman–Crippen LogP) is 3.03. The minimum atomic E-state index is -4.34. The second-order valence-corrected chi connectivity index (χ2v) is 7.83. The van der Waals surface area contributed by atoms with E-state index < -0.39 is 12.7 Å². The Kier molecular flexibility index (Phi) is 5.01. The quantitative estimate of drug-likeness (QED) is 0.785. The van der Waals surface area contributed by atoms with Crippen LogP contribution in [0.25, 0.3) is 11.3 Å². The second kappa shape index (κ2) is 7.20. The third-order valence-corrected chi connectivity index (χ3v) is 5.83. The first kappa shape index (κ1) is 19.5. The number of nitrogens with two attached hydrogens (primary N) is 1. The first-order chi connectivity index (χ1) is 13.3. The summed E-state index contributed by atoms with van der Waals surface area (Å²) in [6, 6.07) is 3.31. The maximum absolute atomic E-state index is 13.1. The van der Waals surface area contributed by atoms with Crippen molar-refractivity contribution in [2.24, 2.45) is 11.8 Å². The number of piperidine rings is 1. The van der Waals surface area contributed by atoms with Crippen LogP contribution in [0.4, 0.5) is 19.0 Å². The number of alkyl halides is 3. The molecule has 1 saturated heterocycles. The van der Waals surface area contributed by atoms with Crippen molar-refractivity contribution in [2.75, 3.05) is 39.1 Å². The van der Waals surface area contributed by atoms with Crippen molar-refractivity contribution in [1.82, 2.24) is 19.7 Å². The zero-order valence-electron chi connectivity index (χ0n) is 15.3. The lowest BCUT2D eigenvalue weighted by molar-refractivity contribution is -0.143. The Morgan fingerprint density at radius 3 is 2.61 bits per heavy atom. The summed E-state index contributed by atoms with van der Waals surface area (Å²) in [4.78, 5) is 6.28. The molecule has 2 atom stereocenters. The van der Waals surface area contributed by atoms with E-state index in [-0.39, 0.29) is 16.8 Å². The van der Waals surface area contributed by atoms with Gasteiger partial charge in [-0.25, -0.2) is 4.98 Å². The molecule has 2 N–H and O–H groups in total. The van der Waals surface area contributed by atoms with E-state index >= 15 is 0 Å². The van der Waals surface area contributed by atoms with Gasteiger partial charge in [-0.15, -0.1) is 0 Å². The molecule has 1 saturated carbocycles. The Labute approximate surface area is 165 Å². The highest BCUT2D eigenvalue weighted by Crippen LogP contribution is 2.58. The normalized spacial score (nSPS) is 24.5. The lowest BCUT2D eigenvalue weighted by Gasteiger charge is -2.19. The van der Waals surface area contributed by atoms with Crippen molar-refractivity contribution in [3.63, 3.8) is 0 Å². The van der Waals surface area contributed by atoms with Gasteiger partial charge < -0.3 is 15.4 Å². The molecule has 4 rings (SSSR count). The molecule has 2 aromatic heterocycles. The smallest absolute Gasteiger partial charge is 0.383 e. The van der Waals surface area contributed by atoms with Gasteiger partial charge in [0.05, 0.1) is 17.3 Å². The molecule has 28 heavy (non-hydrogen) atoms. The fourth-order valence-corrected chi connectivity index (χ4v) is 4.35. The van der Waals surface area contributed by atoms with Crippen molar-refractivity contribution in [2.45, 2.75) is 18.6 Å². The molecule has 0 aromatic carbocycles. The number of fused-ring (bicyclic) bond motifs is 1. The maximum Gasteiger partial charge on any atom is 0.408 e. The number of halogens is 4. The summed E-state index contributed by atoms with van der Waals surface area (Å²) in [5, 5.41) is 4.47. The van der Waals surface area contributed by atoms with Gasteiger partial charge in [0.25, 0.3) is 0 Å². The molecule has 1 aliphatic carbocycles. The number of aromatic nitrogens is 3. The highest BCUT2D eigenvalue weighted by molar-refractivity contribution is 6.33. The van der Waals surface area contributed by atoms with Crippen LogP contribution in [0.1, 0.15) is 11.6 Å². The Morgan fingerprint density at radius 1 is 1.29 bits per heavy atom. The summed E-state index contributed by atoms with van der Waals surface area (Å²) in [7, 11) is 1.66. The van der Waals surface area contributed by atoms with E-state index in [1.54, 1.807) is 19.2 Å². The van der Waals surface area contributed by atoms with E-state index in [0.717, 1.165) is 24.3 Å². The highest BCUT2D eigenvalue weighted by atomic mass is 35.5. The van der Waals surface area contributed by atoms with Gasteiger partial charge in [-0.2, -0.15) is 18.3 Å². The zero-order chi connectivity index (χ0) is 20.1. The molecule has 2 fully saturated rings. The van der Waals surface area contributed by atoms with E-state index in [1.807, 2.05) is 0 Å². The number of nitrogen functional groups attached to an aromatic ring is 1. The Morgan fingerprint density at radius 2 is 2.00 bits per heavy atom. The van der Waals surface area contributed by atoms with Crippen LogP contribution < -0.4 is 5.73 Å². The van der Waals surface area contributed by atoms with E-state index in [2.05, 4.69) is 15.0 Å². The molecule has 1 aliphatic heterocycles. The van der Waals surface area contributed by atoms with Gasteiger partial charge in [-0.1, -0.05) is 11.6 Å². The number of rotatable bonds is 6. The standard InChI is InChI=1S/C18H21ClF3N5O/c1-28-3-2-26-7-11-12(8-26)16(11)15-5-14(25-27(15)9-18(20,21)22)10-4-13(19)17(23)24-6-10/h4-6,11-12,16H,2-3,7-9H2,1H3,(H2,23,24). The molecule has 0 spiro atoms. The summed E-state index contributed by atoms with van der Waals surface area (Å²) in [5.74, 6) is 0.996. The maximum atomic E-state index is 13.1. The molecule has 2 unspecified atom stereocenters. The van der Waals surface area contributed by atoms with Crippen molar-refractivity contribution in [3.05, 3.63) is 29.0 Å². The molecule has 0 amide bonds. The van der Waals surface area contributed by atoms with E-state index in [1.165, 1.54) is 6.20 Å². The lowest BCUT2D eigenvalue weighted by Crippen LogP contribution is -2.28. The fraction of sp³-hybridized carbons (Fsp3) is 0.556. The number of methoxy groups -OCH3 is 1. The number of likely N-dealkylation sites (tertiary alicyclic amines) is 1. The van der Waals surface area contributed by atoms with Gasteiger partial charge in [-0.3, -0.25) is 4.68 Å². The topological polar surface area (TPSA) is 69.2 Å². The monoisotopic (exact) mass is 415 g/mol. The SMILES string of the molecule is COCCN1CC2C(C1)C2c1cc(-c2cnc(N)c(Cl)c2)nn1CC(F)(F)F. The molecular formula is C18H21ClF3N5O. The van der Waals surface area contributed by atoms with Crippen molar-refractivity contribution >= 4 is 17.4 Å². The van der Waals surface area contributed by atoms with Gasteiger partial charge in [0.15, 0.2) is 0 Å². The molecule has 10 heteroatoms. The largest absolute Gasteiger partial charge is 0.408 e. The van der Waals surface area contributed by atoms with Gasteiger partial charge in [0.2, 0.25) is 0 Å². The van der Waals surface area contributed by atoms with Crippen LogP contribution in [0.15, 0.2) is 18.3 Å². The van der Waals surface area contributed by atoms with Crippen molar-refractivity contribution in [1.29, 1.82) is 0 Å². The van der Waals surface area contributed by atoms with Crippen LogP contribution in [-0.2, 0) is 11.3 Å². The van der Waals surface area contributed by atoms with Gasteiger partial charge >= 0.3 is 6.18 Å². The molecule has 2 aliphatic rings. The van der Waals surface area contributed by atoms with E-state index in [0.29, 0.717) is 35.4 Å². The number of hydrogen-bond donors (Lipinski definition) is 1. The van der Waals surface area contributed by atoms with Gasteiger partial charge in [0.1, 0.15) is 12.4 Å². The van der Waals surface area contributed by atoms with Crippen LogP contribution >= 0.6 is 11.6 Å². The van der Waals surface area contributed by atoms with Crippen LogP contribution in [0.2, 0.25) is 5.02 Å². The number of anilines is 1. The average molecular weight is 416 g/mol. The molecule has 3 heterocycles. The van der Waals surface area contributed by atoms with Crippen LogP contribution in [0, 0.1) is 11.8 Å². The van der Waals surface area contributed by atoms with Crippen LogP contribution in [0.5, 0.6) is 0 Å². The number of nitrogens with zero attached hydrogens (tertiary/aromatic N) is 4. The molecule has 0 radical (unpaired) electrons. The number of ether oxygens (including phenoxy) is 1. The Hall–Kier alpha value is -1.84. The third kappa shape index (κ3) is 3.83. The lowest BCUT2D eigenvalue weighted by atomic mass is 10.1. The Bertz CT molecular complexity index is 859. The van der Waals surface area contributed by atoms with Crippen LogP contribution in [0.3, 0.4) is 0 Å². The molecular weight excluding hydrogens is 395 g/mol. The summed E-state index contributed by atoms with van der Waals surface area (Å²) in [6.07, 6.45) is -2.87. The van der Waals surface area contributed by atoms with E-state index in [9.17, 15) is 13.2 Å². The number of pyridine rings is 1. The number of hydrogen-bond acceptors (Lipinski definition) is 5. The highest BCUT2D eigenvalue weighted by Gasteiger charge is 2.57. The summed E-state index contributed by atoms with van der Waals surface area (Å²) >= 11 is 6.01. The minimum Gasteiger partial charge on any atom is -0.383 e. The first-order valence-electron chi connectivity index (χ1n) is 9.04. The van der Waals surface area contributed by atoms with Crippen molar-refractivity contribution in [3.8, 4) is 11.3 Å². The predicted molar refractivity (Wildman–Crippen MR) is 99.0 cm³/mol. The first-order valence-corrected chi connectivity index (χ1v) is 9.42. The van der Waals surface area contributed by atoms with Gasteiger partial charge in [-0.05, 0) is 24.0 Å². The Balaban J connectivity index is 1.58. The summed E-state index contributed by atoms with van der Waals surface area (Å²) in [5.41, 5.74) is 7.22. The zero-order valence-corrected chi connectivity index (χ0v) is 16.0. The average Bonchev–Trinajstić information content (AvgIpc) is 2.95. The molecule has 2 aromatic rings. The summed E-state index contributed by atoms with van der Waals surface area (Å²) in [6.45, 7) is 2.15. The molecule has 0 bridgehead atoms. The summed E-state index contributed by atoms with van der Waals surface area (Å²) < 4.78 is 45.5. The van der Waals surface area contributed by atoms with Gasteiger partial charge in [0, 0.05) is 50.1 Å². The second-order valence-electron chi connectivity index (χ2n) is 7.42. The minimum absolute atomic E-state index is 0.0969. The fourth-order valence-electron chi connectivity index (χ4n) is 4.18. The van der Waals surface area contributed by atoms with E-state index in [4.69, 9.17) is 22.1 Å². The third-order valence-electron chi connectivity index (χ3n) is 5.53. The van der Waals surface area contributed by atoms with Crippen LogP contribution in [-0.4, -0.2) is 59.2 Å². The molecule has 152 valence electrons.